The Morgan fingerprint density at radius 2 is 0.543 bits per heavy atom. The number of hydrogen-bond donors (Lipinski definition) is 0. The highest BCUT2D eigenvalue weighted by molar-refractivity contribution is 7.22. The number of benzene rings is 11. The van der Waals surface area contributed by atoms with E-state index >= 15 is 0 Å². The summed E-state index contributed by atoms with van der Waals surface area (Å²) in [7, 11) is -7.19. The molecule has 13 aromatic rings. The van der Waals surface area contributed by atoms with E-state index in [0.717, 1.165) is 46.1 Å². The van der Waals surface area contributed by atoms with E-state index in [2.05, 4.69) is 78.9 Å². The summed E-state index contributed by atoms with van der Waals surface area (Å²) in [5.41, 5.74) is -1.12. The van der Waals surface area contributed by atoms with Crippen molar-refractivity contribution in [3.63, 3.8) is 0 Å². The highest BCUT2D eigenvalue weighted by atomic mass is 28.3. The number of fused-ring (bicyclic) bond motifs is 6. The van der Waals surface area contributed by atoms with E-state index in [1.807, 2.05) is 121 Å². The van der Waals surface area contributed by atoms with E-state index in [1.165, 1.54) is 0 Å². The molecule has 0 atom stereocenters. The molecule has 4 heteroatoms. The van der Waals surface area contributed by atoms with Crippen molar-refractivity contribution in [1.29, 1.82) is 0 Å². The lowest BCUT2D eigenvalue weighted by molar-refractivity contribution is 1.17. The van der Waals surface area contributed by atoms with Crippen LogP contribution in [0.4, 0.5) is 0 Å². The third kappa shape index (κ3) is 6.45. The molecule has 0 radical (unpaired) electrons. The SMILES string of the molecule is [2H]c1c([2H])c([2H])c2c(c1[2H])c1c([2H])c(-n3c4c([2H])c([2H])c([2H])c([2H])c4c4c([2H])c([2H])c([2H])c([2H])c43)c([2H])c([2H])c1n2-c1cc([Si](c2ccccc2)(c2ccccc2)c2ccccc2)cc([Si](c2ccccc2)(c2ccccc2)c2ccccc2)c1. The number of aromatic nitrogens is 2. The summed E-state index contributed by atoms with van der Waals surface area (Å²) >= 11 is 0. The number of nitrogens with zero attached hydrogens (tertiary/aromatic N) is 2. The van der Waals surface area contributed by atoms with Crippen LogP contribution < -0.4 is 41.5 Å². The van der Waals surface area contributed by atoms with Gasteiger partial charge >= 0.3 is 0 Å². The normalized spacial score (nSPS) is 15.0. The van der Waals surface area contributed by atoms with Crippen molar-refractivity contribution in [2.75, 3.05) is 0 Å². The van der Waals surface area contributed by atoms with Crippen molar-refractivity contribution < 1.29 is 20.6 Å². The van der Waals surface area contributed by atoms with Crippen LogP contribution in [-0.2, 0) is 0 Å². The summed E-state index contributed by atoms with van der Waals surface area (Å²) in [5, 5.41) is 6.95. The molecule has 0 aliphatic rings. The average molecular weight is 940 g/mol. The molecular weight excluding hydrogens is 877 g/mol. The maximum atomic E-state index is 10.5. The molecule has 0 N–H and O–H groups in total. The third-order valence-corrected chi connectivity index (χ3v) is 23.2. The predicted molar refractivity (Wildman–Crippen MR) is 302 cm³/mol. The van der Waals surface area contributed by atoms with Crippen molar-refractivity contribution in [3.8, 4) is 11.4 Å². The van der Waals surface area contributed by atoms with Gasteiger partial charge in [0.2, 0.25) is 0 Å². The Morgan fingerprint density at radius 1 is 0.257 bits per heavy atom. The first-order valence-corrected chi connectivity index (χ1v) is 27.0. The Hall–Kier alpha value is -8.55. The van der Waals surface area contributed by atoms with Gasteiger partial charge in [-0.25, -0.2) is 0 Å². The fraction of sp³-hybridized carbons (Fsp3) is 0. The van der Waals surface area contributed by atoms with Crippen molar-refractivity contribution in [2.45, 2.75) is 0 Å². The lowest BCUT2D eigenvalue weighted by Crippen LogP contribution is -2.78. The molecule has 0 aliphatic carbocycles. The summed E-state index contributed by atoms with van der Waals surface area (Å²) in [6, 6.07) is 58.7. The van der Waals surface area contributed by atoms with E-state index in [0.29, 0.717) is 5.69 Å². The maximum absolute atomic E-state index is 10.5. The number of hydrogen-bond acceptors (Lipinski definition) is 0. The molecule has 330 valence electrons. The average Bonchev–Trinajstić information content (AvgIpc) is 1.75. The molecule has 2 nitrogen and oxygen atoms in total. The van der Waals surface area contributed by atoms with Crippen LogP contribution in [0.15, 0.2) is 291 Å². The lowest BCUT2D eigenvalue weighted by Gasteiger charge is -2.38. The van der Waals surface area contributed by atoms with Crippen molar-refractivity contribution >= 4 is 101 Å². The van der Waals surface area contributed by atoms with Crippen LogP contribution in [0.5, 0.6) is 0 Å². The highest BCUT2D eigenvalue weighted by Crippen LogP contribution is 2.37. The molecule has 2 heterocycles. The van der Waals surface area contributed by atoms with Crippen LogP contribution in [-0.4, -0.2) is 25.3 Å². The van der Waals surface area contributed by atoms with Gasteiger partial charge in [0.05, 0.1) is 42.6 Å². The molecule has 11 aromatic carbocycles. The van der Waals surface area contributed by atoms with Gasteiger partial charge in [-0.3, -0.25) is 0 Å². The lowest BCUT2D eigenvalue weighted by atomic mass is 10.1. The maximum Gasteiger partial charge on any atom is 0.179 e. The van der Waals surface area contributed by atoms with E-state index in [4.69, 9.17) is 8.22 Å². The highest BCUT2D eigenvalue weighted by Gasteiger charge is 2.46. The Balaban J connectivity index is 1.29. The molecule has 0 saturated heterocycles. The molecule has 70 heavy (non-hydrogen) atoms. The first-order valence-electron chi connectivity index (χ1n) is 30.5. The van der Waals surface area contributed by atoms with E-state index in [9.17, 15) is 12.3 Å². The minimum atomic E-state index is -3.60. The Morgan fingerprint density at radius 3 is 0.886 bits per heavy atom. The summed E-state index contributed by atoms with van der Waals surface area (Å²) < 4.78 is 144. The number of rotatable bonds is 10. The summed E-state index contributed by atoms with van der Waals surface area (Å²) in [4.78, 5) is 0. The molecule has 0 aliphatic heterocycles. The molecule has 0 unspecified atom stereocenters. The molecule has 0 fully saturated rings. The van der Waals surface area contributed by atoms with E-state index < -0.39 is 112 Å². The molecular formula is C66H48N2Si2. The largest absolute Gasteiger partial charge is 0.309 e. The van der Waals surface area contributed by atoms with Crippen LogP contribution in [0.2, 0.25) is 0 Å². The summed E-state index contributed by atoms with van der Waals surface area (Å²) in [5.74, 6) is 0. The van der Waals surface area contributed by atoms with Crippen LogP contribution >= 0.6 is 0 Å². The zero-order chi connectivity index (χ0) is 59.5. The zero-order valence-electron chi connectivity index (χ0n) is 52.4. The monoisotopic (exact) mass is 939 g/mol. The second kappa shape index (κ2) is 17.2. The third-order valence-electron chi connectivity index (χ3n) is 13.7. The van der Waals surface area contributed by atoms with Gasteiger partial charge in [0.25, 0.3) is 0 Å². The van der Waals surface area contributed by atoms with Crippen LogP contribution in [0.3, 0.4) is 0 Å². The van der Waals surface area contributed by atoms with Gasteiger partial charge in [-0.05, 0) is 89.9 Å². The second-order valence-corrected chi connectivity index (χ2v) is 24.9. The topological polar surface area (TPSA) is 9.86 Å². The van der Waals surface area contributed by atoms with E-state index in [-0.39, 0.29) is 43.6 Å². The fourth-order valence-corrected chi connectivity index (χ4v) is 20.6. The van der Waals surface area contributed by atoms with Crippen LogP contribution in [0.1, 0.15) is 20.6 Å². The summed E-state index contributed by atoms with van der Waals surface area (Å²) in [6.45, 7) is 0. The van der Waals surface area contributed by atoms with Gasteiger partial charge < -0.3 is 9.13 Å². The molecule has 13 rings (SSSR count). The zero-order valence-corrected chi connectivity index (χ0v) is 39.4. The van der Waals surface area contributed by atoms with Crippen LogP contribution in [0, 0.1) is 0 Å². The van der Waals surface area contributed by atoms with Crippen LogP contribution in [0.25, 0.3) is 55.0 Å². The summed E-state index contributed by atoms with van der Waals surface area (Å²) in [6.07, 6.45) is 0. The van der Waals surface area contributed by atoms with Gasteiger partial charge in [0, 0.05) is 32.9 Å². The molecule has 0 amide bonds. The van der Waals surface area contributed by atoms with Gasteiger partial charge in [-0.2, -0.15) is 0 Å². The van der Waals surface area contributed by atoms with Gasteiger partial charge in [-0.1, -0.05) is 242 Å². The Kier molecular flexibility index (Phi) is 7.05. The molecule has 0 saturated carbocycles. The van der Waals surface area contributed by atoms with E-state index in [1.54, 1.807) is 4.57 Å². The fourth-order valence-electron chi connectivity index (χ4n) is 10.8. The molecule has 0 bridgehead atoms. The van der Waals surface area contributed by atoms with Gasteiger partial charge in [0.1, 0.15) is 0 Å². The first-order chi connectivity index (χ1) is 41.0. The Labute approximate surface area is 431 Å². The minimum absolute atomic E-state index is 0.105. The predicted octanol–water partition coefficient (Wildman–Crippen LogP) is 10.6. The minimum Gasteiger partial charge on any atom is -0.309 e. The first kappa shape index (κ1) is 28.7. The second-order valence-electron chi connectivity index (χ2n) is 17.3. The molecule has 0 spiro atoms. The standard InChI is InChI=1S/C66H48N2Si2/c1-7-25-51(26-8-1)69(52-27-9-2-10-28-52,53-29-11-3-12-30-53)57-45-50(46-58(48-57)70(54-31-13-4-14-32-54,55-33-15-5-16-34-55)56-35-17-6-18-36-56)68-65-42-24-21-39-61(65)62-47-49(43-44-66(62)68)67-63-40-22-19-37-59(63)60-38-20-23-41-64(60)67/h1-48H/i19D,20D,21D,22D,23D,24D,37D,38D,39D,40D,41D,42D,43D,44D,47D. The van der Waals surface area contributed by atoms with Gasteiger partial charge in [-0.15, -0.1) is 0 Å². The van der Waals surface area contributed by atoms with Gasteiger partial charge in [0.15, 0.2) is 16.1 Å². The van der Waals surface area contributed by atoms with Crippen molar-refractivity contribution in [2.24, 2.45) is 0 Å². The number of para-hydroxylation sites is 3. The Bertz CT molecular complexity index is 4460. The van der Waals surface area contributed by atoms with Crippen molar-refractivity contribution in [1.82, 2.24) is 9.13 Å². The molecule has 2 aromatic heterocycles. The van der Waals surface area contributed by atoms with Crippen molar-refractivity contribution in [3.05, 3.63) is 291 Å². The smallest absolute Gasteiger partial charge is 0.179 e. The quantitative estimate of drug-likeness (QED) is 0.0955.